The molecule has 0 aromatic rings. The fourth-order valence-corrected chi connectivity index (χ4v) is 1.84. The highest BCUT2D eigenvalue weighted by Crippen LogP contribution is 1.92. The number of rotatable bonds is 8. The highest BCUT2D eigenvalue weighted by molar-refractivity contribution is 5.97. The summed E-state index contributed by atoms with van der Waals surface area (Å²) in [5.74, 6) is -0.340. The minimum Gasteiger partial charge on any atom is -0.387 e. The SMILES string of the molecule is COCCN/C=C(/C#N)C(=O)NCCN1CCNCC1. The number of nitrogens with zero attached hydrogens (tertiary/aromatic N) is 2. The van der Waals surface area contributed by atoms with E-state index in [1.165, 1.54) is 6.20 Å². The van der Waals surface area contributed by atoms with E-state index >= 15 is 0 Å². The summed E-state index contributed by atoms with van der Waals surface area (Å²) in [5.41, 5.74) is 0.0846. The highest BCUT2D eigenvalue weighted by Gasteiger charge is 2.11. The van der Waals surface area contributed by atoms with Gasteiger partial charge < -0.3 is 20.7 Å². The Kier molecular flexibility index (Phi) is 8.38. The summed E-state index contributed by atoms with van der Waals surface area (Å²) >= 11 is 0. The fourth-order valence-electron chi connectivity index (χ4n) is 1.84. The summed E-state index contributed by atoms with van der Waals surface area (Å²) in [7, 11) is 1.60. The number of hydrogen-bond acceptors (Lipinski definition) is 6. The number of nitrogens with one attached hydrogen (secondary N) is 3. The summed E-state index contributed by atoms with van der Waals surface area (Å²) in [6.45, 7) is 6.42. The number of hydrogen-bond donors (Lipinski definition) is 3. The van der Waals surface area contributed by atoms with Crippen LogP contribution < -0.4 is 16.0 Å². The first kappa shape index (κ1) is 16.4. The van der Waals surface area contributed by atoms with Crippen molar-refractivity contribution in [2.45, 2.75) is 0 Å². The molecule has 0 spiro atoms. The maximum atomic E-state index is 11.8. The number of carbonyl (C=O) groups excluding carboxylic acids is 1. The molecule has 1 aliphatic rings. The molecule has 20 heavy (non-hydrogen) atoms. The van der Waals surface area contributed by atoms with Gasteiger partial charge in [-0.05, 0) is 0 Å². The molecular weight excluding hydrogens is 258 g/mol. The van der Waals surface area contributed by atoms with E-state index in [4.69, 9.17) is 10.00 Å². The Morgan fingerprint density at radius 2 is 2.20 bits per heavy atom. The number of methoxy groups -OCH3 is 1. The van der Waals surface area contributed by atoms with Crippen LogP contribution in [0.2, 0.25) is 0 Å². The largest absolute Gasteiger partial charge is 0.387 e. The number of nitriles is 1. The molecule has 1 heterocycles. The second kappa shape index (κ2) is 10.2. The smallest absolute Gasteiger partial charge is 0.263 e. The Bertz CT molecular complexity index is 358. The molecule has 0 aromatic carbocycles. The second-order valence-electron chi connectivity index (χ2n) is 4.46. The van der Waals surface area contributed by atoms with Crippen LogP contribution in [0.4, 0.5) is 0 Å². The molecule has 0 bridgehead atoms. The normalized spacial score (nSPS) is 16.5. The molecule has 112 valence electrons. The molecule has 0 saturated carbocycles. The van der Waals surface area contributed by atoms with Crippen molar-refractivity contribution in [2.75, 3.05) is 59.5 Å². The molecule has 1 amide bonds. The third kappa shape index (κ3) is 6.52. The van der Waals surface area contributed by atoms with Crippen molar-refractivity contribution in [2.24, 2.45) is 0 Å². The second-order valence-corrected chi connectivity index (χ2v) is 4.46. The minimum absolute atomic E-state index is 0.0846. The molecule has 0 aromatic heterocycles. The number of amides is 1. The van der Waals surface area contributed by atoms with E-state index in [1.807, 2.05) is 6.07 Å². The van der Waals surface area contributed by atoms with E-state index in [1.54, 1.807) is 7.11 Å². The first-order valence-corrected chi connectivity index (χ1v) is 6.81. The lowest BCUT2D eigenvalue weighted by atomic mass is 10.3. The van der Waals surface area contributed by atoms with Gasteiger partial charge in [0.2, 0.25) is 0 Å². The zero-order chi connectivity index (χ0) is 14.6. The quantitative estimate of drug-likeness (QED) is 0.290. The maximum Gasteiger partial charge on any atom is 0.263 e. The molecule has 1 rings (SSSR count). The van der Waals surface area contributed by atoms with Gasteiger partial charge in [0.1, 0.15) is 11.6 Å². The molecule has 1 saturated heterocycles. The zero-order valence-corrected chi connectivity index (χ0v) is 11.9. The average Bonchev–Trinajstić information content (AvgIpc) is 2.48. The van der Waals surface area contributed by atoms with E-state index in [9.17, 15) is 4.79 Å². The molecule has 1 aliphatic heterocycles. The molecule has 3 N–H and O–H groups in total. The van der Waals surface area contributed by atoms with Gasteiger partial charge in [-0.1, -0.05) is 0 Å². The first-order valence-electron chi connectivity index (χ1n) is 6.81. The van der Waals surface area contributed by atoms with Gasteiger partial charge in [-0.2, -0.15) is 5.26 Å². The molecule has 0 aliphatic carbocycles. The standard InChI is InChI=1S/C13H23N5O2/c1-20-9-5-16-11-12(10-14)13(19)17-4-8-18-6-2-15-3-7-18/h11,15-16H,2-9H2,1H3,(H,17,19)/b12-11-. The van der Waals surface area contributed by atoms with Gasteiger partial charge >= 0.3 is 0 Å². The number of ether oxygens (including phenoxy) is 1. The Labute approximate surface area is 120 Å². The summed E-state index contributed by atoms with van der Waals surface area (Å²) in [6, 6.07) is 1.89. The van der Waals surface area contributed by atoms with Crippen LogP contribution in [0.3, 0.4) is 0 Å². The predicted molar refractivity (Wildman–Crippen MR) is 75.9 cm³/mol. The molecular formula is C13H23N5O2. The van der Waals surface area contributed by atoms with Gasteiger partial charge in [-0.25, -0.2) is 0 Å². The van der Waals surface area contributed by atoms with Crippen molar-refractivity contribution in [3.05, 3.63) is 11.8 Å². The monoisotopic (exact) mass is 281 g/mol. The summed E-state index contributed by atoms with van der Waals surface area (Å²) < 4.78 is 4.86. The van der Waals surface area contributed by atoms with Crippen LogP contribution >= 0.6 is 0 Å². The Hall–Kier alpha value is -1.62. The van der Waals surface area contributed by atoms with Crippen molar-refractivity contribution in [3.8, 4) is 6.07 Å². The summed E-state index contributed by atoms with van der Waals surface area (Å²) in [5, 5.41) is 17.8. The Balaban J connectivity index is 2.23. The van der Waals surface area contributed by atoms with Crippen molar-refractivity contribution in [1.29, 1.82) is 5.26 Å². The van der Waals surface area contributed by atoms with Crippen LogP contribution in [0.15, 0.2) is 11.8 Å². The van der Waals surface area contributed by atoms with E-state index in [0.29, 0.717) is 19.7 Å². The predicted octanol–water partition coefficient (Wildman–Crippen LogP) is -1.35. The number of piperazine rings is 1. The lowest BCUT2D eigenvalue weighted by Gasteiger charge is -2.27. The first-order chi connectivity index (χ1) is 9.77. The molecule has 7 nitrogen and oxygen atoms in total. The molecule has 7 heteroatoms. The summed E-state index contributed by atoms with van der Waals surface area (Å²) in [4.78, 5) is 14.1. The van der Waals surface area contributed by atoms with Crippen molar-refractivity contribution >= 4 is 5.91 Å². The van der Waals surface area contributed by atoms with Gasteiger partial charge in [-0.3, -0.25) is 9.69 Å². The Morgan fingerprint density at radius 1 is 1.45 bits per heavy atom. The van der Waals surface area contributed by atoms with Crippen LogP contribution in [0.1, 0.15) is 0 Å². The van der Waals surface area contributed by atoms with Crippen molar-refractivity contribution in [1.82, 2.24) is 20.9 Å². The zero-order valence-electron chi connectivity index (χ0n) is 11.9. The maximum absolute atomic E-state index is 11.8. The minimum atomic E-state index is -0.340. The van der Waals surface area contributed by atoms with E-state index in [-0.39, 0.29) is 11.5 Å². The summed E-state index contributed by atoms with van der Waals surface area (Å²) in [6.07, 6.45) is 1.43. The van der Waals surface area contributed by atoms with Crippen molar-refractivity contribution < 1.29 is 9.53 Å². The number of carbonyl (C=O) groups is 1. The van der Waals surface area contributed by atoms with E-state index in [2.05, 4.69) is 20.9 Å². The third-order valence-corrected chi connectivity index (χ3v) is 2.99. The third-order valence-electron chi connectivity index (χ3n) is 2.99. The van der Waals surface area contributed by atoms with Crippen LogP contribution in [-0.2, 0) is 9.53 Å². The van der Waals surface area contributed by atoms with Crippen LogP contribution in [-0.4, -0.2) is 70.3 Å². The van der Waals surface area contributed by atoms with Gasteiger partial charge in [0, 0.05) is 59.1 Å². The molecule has 0 atom stereocenters. The molecule has 0 radical (unpaired) electrons. The van der Waals surface area contributed by atoms with E-state index in [0.717, 1.165) is 32.7 Å². The van der Waals surface area contributed by atoms with Crippen LogP contribution in [0, 0.1) is 11.3 Å². The average molecular weight is 281 g/mol. The van der Waals surface area contributed by atoms with Gasteiger partial charge in [0.15, 0.2) is 0 Å². The lowest BCUT2D eigenvalue weighted by molar-refractivity contribution is -0.117. The Morgan fingerprint density at radius 3 is 2.85 bits per heavy atom. The molecule has 1 fully saturated rings. The van der Waals surface area contributed by atoms with Crippen molar-refractivity contribution in [3.63, 3.8) is 0 Å². The lowest BCUT2D eigenvalue weighted by Crippen LogP contribution is -2.46. The van der Waals surface area contributed by atoms with Crippen LogP contribution in [0.25, 0.3) is 0 Å². The topological polar surface area (TPSA) is 89.4 Å². The van der Waals surface area contributed by atoms with Gasteiger partial charge in [0.25, 0.3) is 5.91 Å². The fraction of sp³-hybridized carbons (Fsp3) is 0.692. The van der Waals surface area contributed by atoms with Gasteiger partial charge in [-0.15, -0.1) is 0 Å². The van der Waals surface area contributed by atoms with Gasteiger partial charge in [0.05, 0.1) is 6.61 Å². The van der Waals surface area contributed by atoms with Crippen LogP contribution in [0.5, 0.6) is 0 Å². The highest BCUT2D eigenvalue weighted by atomic mass is 16.5. The molecule has 0 unspecified atom stereocenters. The van der Waals surface area contributed by atoms with E-state index < -0.39 is 0 Å².